The number of rotatable bonds is 5. The van der Waals surface area contributed by atoms with Crippen LogP contribution in [0.1, 0.15) is 48.9 Å². The van der Waals surface area contributed by atoms with E-state index in [1.54, 1.807) is 24.5 Å². The fraction of sp³-hybridized carbons (Fsp3) is 0.292. The number of carbonyl (C=O) groups excluding carboxylic acids is 1. The van der Waals surface area contributed by atoms with Gasteiger partial charge in [0.25, 0.3) is 5.91 Å². The normalized spacial score (nSPS) is 14.7. The summed E-state index contributed by atoms with van der Waals surface area (Å²) in [7, 11) is 0. The van der Waals surface area contributed by atoms with Gasteiger partial charge in [-0.15, -0.1) is 0 Å². The topological polar surface area (TPSA) is 66.9 Å². The molecule has 30 heavy (non-hydrogen) atoms. The number of benzene rings is 2. The van der Waals surface area contributed by atoms with E-state index < -0.39 is 0 Å². The standard InChI is InChI=1S/C24H25FN4O/c25-20-12-10-17(11-13-20)19-15-26-24(27-16-19)29-22-9-5-6-18(14-22)23(30)28-21-7-3-1-2-4-8-21/h5-6,9-16,21H,1-4,7-8H2,(H,28,30)(H,26,27,29). The second kappa shape index (κ2) is 9.48. The van der Waals surface area contributed by atoms with E-state index in [-0.39, 0.29) is 17.8 Å². The summed E-state index contributed by atoms with van der Waals surface area (Å²) in [6.45, 7) is 0. The van der Waals surface area contributed by atoms with Crippen LogP contribution in [0.2, 0.25) is 0 Å². The van der Waals surface area contributed by atoms with Gasteiger partial charge in [-0.2, -0.15) is 0 Å². The van der Waals surface area contributed by atoms with Crippen molar-refractivity contribution in [1.29, 1.82) is 0 Å². The van der Waals surface area contributed by atoms with Crippen molar-refractivity contribution in [3.05, 3.63) is 72.3 Å². The van der Waals surface area contributed by atoms with Crippen LogP contribution in [-0.2, 0) is 0 Å². The van der Waals surface area contributed by atoms with Crippen LogP contribution in [0.25, 0.3) is 11.1 Å². The highest BCUT2D eigenvalue weighted by molar-refractivity contribution is 5.95. The minimum absolute atomic E-state index is 0.0434. The maximum absolute atomic E-state index is 13.1. The predicted octanol–water partition coefficient (Wildman–Crippen LogP) is 5.48. The van der Waals surface area contributed by atoms with E-state index in [2.05, 4.69) is 20.6 Å². The van der Waals surface area contributed by atoms with Crippen molar-refractivity contribution in [2.45, 2.75) is 44.6 Å². The molecule has 2 aromatic carbocycles. The van der Waals surface area contributed by atoms with Crippen LogP contribution in [0, 0.1) is 5.82 Å². The molecule has 0 radical (unpaired) electrons. The maximum atomic E-state index is 13.1. The van der Waals surface area contributed by atoms with Gasteiger partial charge in [0.1, 0.15) is 5.82 Å². The monoisotopic (exact) mass is 404 g/mol. The van der Waals surface area contributed by atoms with E-state index in [1.807, 2.05) is 24.3 Å². The van der Waals surface area contributed by atoms with Crippen molar-refractivity contribution in [1.82, 2.24) is 15.3 Å². The predicted molar refractivity (Wildman–Crippen MR) is 116 cm³/mol. The molecule has 2 N–H and O–H groups in total. The fourth-order valence-corrected chi connectivity index (χ4v) is 3.74. The Morgan fingerprint density at radius 3 is 2.30 bits per heavy atom. The molecule has 0 unspecified atom stereocenters. The smallest absolute Gasteiger partial charge is 0.251 e. The number of nitrogens with zero attached hydrogens (tertiary/aromatic N) is 2. The van der Waals surface area contributed by atoms with Crippen molar-refractivity contribution in [2.75, 3.05) is 5.32 Å². The summed E-state index contributed by atoms with van der Waals surface area (Å²) in [5, 5.41) is 6.31. The van der Waals surface area contributed by atoms with Crippen LogP contribution in [-0.4, -0.2) is 21.9 Å². The zero-order chi connectivity index (χ0) is 20.8. The maximum Gasteiger partial charge on any atom is 0.251 e. The summed E-state index contributed by atoms with van der Waals surface area (Å²) >= 11 is 0. The molecule has 1 aromatic heterocycles. The first kappa shape index (κ1) is 20.0. The van der Waals surface area contributed by atoms with Crippen LogP contribution in [0.4, 0.5) is 16.0 Å². The van der Waals surface area contributed by atoms with Crippen LogP contribution in [0.5, 0.6) is 0 Å². The van der Waals surface area contributed by atoms with Gasteiger partial charge >= 0.3 is 0 Å². The summed E-state index contributed by atoms with van der Waals surface area (Å²) in [6.07, 6.45) is 10.3. The number of halogens is 1. The van der Waals surface area contributed by atoms with Gasteiger partial charge in [0.2, 0.25) is 5.95 Å². The molecule has 0 aliphatic heterocycles. The first-order valence-electron chi connectivity index (χ1n) is 10.4. The largest absolute Gasteiger partial charge is 0.349 e. The summed E-state index contributed by atoms with van der Waals surface area (Å²) in [6, 6.07) is 13.8. The lowest BCUT2D eigenvalue weighted by molar-refractivity contribution is 0.0933. The third-order valence-corrected chi connectivity index (χ3v) is 5.40. The van der Waals surface area contributed by atoms with Crippen LogP contribution >= 0.6 is 0 Å². The van der Waals surface area contributed by atoms with Crippen LogP contribution < -0.4 is 10.6 Å². The molecule has 1 heterocycles. The van der Waals surface area contributed by atoms with Crippen molar-refractivity contribution in [3.63, 3.8) is 0 Å². The molecule has 3 aromatic rings. The molecule has 0 atom stereocenters. The van der Waals surface area contributed by atoms with Gasteiger partial charge in [0, 0.05) is 35.2 Å². The first-order chi connectivity index (χ1) is 14.7. The highest BCUT2D eigenvalue weighted by Crippen LogP contribution is 2.21. The first-order valence-corrected chi connectivity index (χ1v) is 10.4. The number of amides is 1. The van der Waals surface area contributed by atoms with Gasteiger partial charge in [0.05, 0.1) is 0 Å². The van der Waals surface area contributed by atoms with Gasteiger partial charge in [-0.3, -0.25) is 4.79 Å². The van der Waals surface area contributed by atoms with Crippen molar-refractivity contribution < 1.29 is 9.18 Å². The molecule has 1 aliphatic rings. The number of nitrogens with one attached hydrogen (secondary N) is 2. The van der Waals surface area contributed by atoms with E-state index in [9.17, 15) is 9.18 Å². The second-order valence-corrected chi connectivity index (χ2v) is 7.67. The molecule has 154 valence electrons. The summed E-state index contributed by atoms with van der Waals surface area (Å²) < 4.78 is 13.1. The summed E-state index contributed by atoms with van der Waals surface area (Å²) in [5.74, 6) is 0.112. The summed E-state index contributed by atoms with van der Waals surface area (Å²) in [4.78, 5) is 21.3. The Labute approximate surface area is 175 Å². The molecular weight excluding hydrogens is 379 g/mol. The van der Waals surface area contributed by atoms with Gasteiger partial charge in [0.15, 0.2) is 0 Å². The number of anilines is 2. The van der Waals surface area contributed by atoms with Crippen LogP contribution in [0.3, 0.4) is 0 Å². The zero-order valence-corrected chi connectivity index (χ0v) is 16.8. The van der Waals surface area contributed by atoms with Gasteiger partial charge in [-0.25, -0.2) is 14.4 Å². The van der Waals surface area contributed by atoms with Gasteiger partial charge in [-0.05, 0) is 48.7 Å². The lowest BCUT2D eigenvalue weighted by Crippen LogP contribution is -2.34. The molecule has 5 nitrogen and oxygen atoms in total. The Balaban J connectivity index is 1.41. The Kier molecular flexibility index (Phi) is 6.32. The number of hydrogen-bond acceptors (Lipinski definition) is 4. The Morgan fingerprint density at radius 1 is 0.900 bits per heavy atom. The van der Waals surface area contributed by atoms with E-state index in [0.29, 0.717) is 11.5 Å². The average molecular weight is 404 g/mol. The van der Waals surface area contributed by atoms with Gasteiger partial charge < -0.3 is 10.6 Å². The highest BCUT2D eigenvalue weighted by atomic mass is 19.1. The van der Waals surface area contributed by atoms with Crippen molar-refractivity contribution in [2.24, 2.45) is 0 Å². The molecule has 4 rings (SSSR count). The van der Waals surface area contributed by atoms with Crippen molar-refractivity contribution in [3.8, 4) is 11.1 Å². The molecule has 1 aliphatic carbocycles. The molecule has 1 fully saturated rings. The van der Waals surface area contributed by atoms with E-state index in [0.717, 1.165) is 29.7 Å². The molecule has 0 bridgehead atoms. The van der Waals surface area contributed by atoms with E-state index in [1.165, 1.54) is 37.8 Å². The molecule has 6 heteroatoms. The fourth-order valence-electron chi connectivity index (χ4n) is 3.74. The Hall–Kier alpha value is -3.28. The quantitative estimate of drug-likeness (QED) is 0.553. The van der Waals surface area contributed by atoms with E-state index in [4.69, 9.17) is 0 Å². The molecule has 0 spiro atoms. The highest BCUT2D eigenvalue weighted by Gasteiger charge is 2.16. The SMILES string of the molecule is O=C(NC1CCCCCC1)c1cccc(Nc2ncc(-c3ccc(F)cc3)cn2)c1. The summed E-state index contributed by atoms with van der Waals surface area (Å²) in [5.41, 5.74) is 3.02. The lowest BCUT2D eigenvalue weighted by Gasteiger charge is -2.16. The molecular formula is C24H25FN4O. The molecule has 1 saturated carbocycles. The Bertz CT molecular complexity index is 981. The van der Waals surface area contributed by atoms with Crippen LogP contribution in [0.15, 0.2) is 60.9 Å². The molecule has 1 amide bonds. The molecule has 0 saturated heterocycles. The lowest BCUT2D eigenvalue weighted by atomic mass is 10.1. The average Bonchev–Trinajstić information content (AvgIpc) is 3.04. The number of hydrogen-bond donors (Lipinski definition) is 2. The second-order valence-electron chi connectivity index (χ2n) is 7.67. The third kappa shape index (κ3) is 5.20. The Morgan fingerprint density at radius 2 is 1.60 bits per heavy atom. The number of carbonyl (C=O) groups is 1. The zero-order valence-electron chi connectivity index (χ0n) is 16.8. The minimum atomic E-state index is -0.277. The van der Waals surface area contributed by atoms with Gasteiger partial charge in [-0.1, -0.05) is 43.9 Å². The van der Waals surface area contributed by atoms with Crippen molar-refractivity contribution >= 4 is 17.5 Å². The minimum Gasteiger partial charge on any atom is -0.349 e. The van der Waals surface area contributed by atoms with E-state index >= 15 is 0 Å². The third-order valence-electron chi connectivity index (χ3n) is 5.40. The number of aromatic nitrogens is 2.